The zero-order valence-electron chi connectivity index (χ0n) is 16.0. The molecule has 0 bridgehead atoms. The molecule has 0 saturated heterocycles. The van der Waals surface area contributed by atoms with Crippen LogP contribution in [0.25, 0.3) is 0 Å². The number of carbonyl (C=O) groups excluding carboxylic acids is 1. The molecule has 1 aromatic carbocycles. The van der Waals surface area contributed by atoms with Gasteiger partial charge < -0.3 is 13.7 Å². The molecule has 0 aliphatic rings. The summed E-state index contributed by atoms with van der Waals surface area (Å²) in [6.07, 6.45) is 3.18. The number of para-hydroxylation sites is 2. The lowest BCUT2D eigenvalue weighted by Crippen LogP contribution is -2.24. The van der Waals surface area contributed by atoms with E-state index in [2.05, 4.69) is 15.1 Å². The second-order valence-corrected chi connectivity index (χ2v) is 6.30. The van der Waals surface area contributed by atoms with Gasteiger partial charge in [0.25, 0.3) is 5.91 Å². The Kier molecular flexibility index (Phi) is 6.08. The third kappa shape index (κ3) is 4.89. The van der Waals surface area contributed by atoms with Crippen LogP contribution in [0.15, 0.2) is 58.2 Å². The average Bonchev–Trinajstić information content (AvgIpc) is 3.31. The first kappa shape index (κ1) is 19.9. The van der Waals surface area contributed by atoms with Gasteiger partial charge in [0.2, 0.25) is 0 Å². The summed E-state index contributed by atoms with van der Waals surface area (Å²) in [5, 5.41) is 14.9. The first-order valence-electron chi connectivity index (χ1n) is 8.83. The zero-order valence-corrected chi connectivity index (χ0v) is 16.0. The largest absolute Gasteiger partial charge is 0.477 e. The summed E-state index contributed by atoms with van der Waals surface area (Å²) in [6.45, 7) is 4.15. The SMILES string of the molecule is Cc1cc(/C=N\NC(=O)COc2ccccc2[N+](=O)[O-])c(C)n1Cc1ccco1. The Morgan fingerprint density at radius 3 is 2.83 bits per heavy atom. The van der Waals surface area contributed by atoms with Gasteiger partial charge in [-0.2, -0.15) is 5.10 Å². The Balaban J connectivity index is 1.57. The van der Waals surface area contributed by atoms with E-state index in [9.17, 15) is 14.9 Å². The van der Waals surface area contributed by atoms with E-state index in [1.807, 2.05) is 32.0 Å². The van der Waals surface area contributed by atoms with E-state index in [4.69, 9.17) is 9.15 Å². The maximum Gasteiger partial charge on any atom is 0.310 e. The molecule has 0 atom stereocenters. The third-order valence-corrected chi connectivity index (χ3v) is 4.32. The number of furan rings is 1. The molecule has 0 aliphatic carbocycles. The van der Waals surface area contributed by atoms with E-state index in [1.54, 1.807) is 18.5 Å². The summed E-state index contributed by atoms with van der Waals surface area (Å²) in [7, 11) is 0. The number of nitro benzene ring substituents is 1. The molecule has 0 saturated carbocycles. The average molecular weight is 396 g/mol. The minimum atomic E-state index is -0.566. The van der Waals surface area contributed by atoms with Crippen molar-refractivity contribution in [2.75, 3.05) is 6.61 Å². The molecule has 9 heteroatoms. The molecule has 3 aromatic rings. The van der Waals surface area contributed by atoms with Gasteiger partial charge in [0.05, 0.1) is 23.9 Å². The van der Waals surface area contributed by atoms with Gasteiger partial charge in [-0.15, -0.1) is 0 Å². The second kappa shape index (κ2) is 8.87. The van der Waals surface area contributed by atoms with Crippen LogP contribution in [0.1, 0.15) is 22.7 Å². The van der Waals surface area contributed by atoms with Gasteiger partial charge in [0.15, 0.2) is 12.4 Å². The van der Waals surface area contributed by atoms with Crippen molar-refractivity contribution in [2.45, 2.75) is 20.4 Å². The number of ether oxygens (including phenoxy) is 1. The number of carbonyl (C=O) groups is 1. The maximum atomic E-state index is 11.9. The van der Waals surface area contributed by atoms with Gasteiger partial charge in [-0.3, -0.25) is 14.9 Å². The summed E-state index contributed by atoms with van der Waals surface area (Å²) in [4.78, 5) is 22.3. The van der Waals surface area contributed by atoms with Crippen molar-refractivity contribution in [3.63, 3.8) is 0 Å². The lowest BCUT2D eigenvalue weighted by Gasteiger charge is -2.07. The minimum absolute atomic E-state index is 0.0260. The zero-order chi connectivity index (χ0) is 20.8. The third-order valence-electron chi connectivity index (χ3n) is 4.32. The fraction of sp³-hybridized carbons (Fsp3) is 0.200. The Bertz CT molecular complexity index is 1040. The number of nitrogens with zero attached hydrogens (tertiary/aromatic N) is 3. The van der Waals surface area contributed by atoms with Gasteiger partial charge in [-0.25, -0.2) is 5.43 Å². The quantitative estimate of drug-likeness (QED) is 0.357. The van der Waals surface area contributed by atoms with Crippen LogP contribution >= 0.6 is 0 Å². The molecule has 0 spiro atoms. The summed E-state index contributed by atoms with van der Waals surface area (Å²) in [5.74, 6) is 0.345. The van der Waals surface area contributed by atoms with E-state index in [-0.39, 0.29) is 18.0 Å². The maximum absolute atomic E-state index is 11.9. The van der Waals surface area contributed by atoms with Crippen LogP contribution in [0.5, 0.6) is 5.75 Å². The predicted molar refractivity (Wildman–Crippen MR) is 106 cm³/mol. The Labute approximate surface area is 166 Å². The van der Waals surface area contributed by atoms with Gasteiger partial charge in [-0.05, 0) is 38.1 Å². The highest BCUT2D eigenvalue weighted by Crippen LogP contribution is 2.25. The molecule has 2 heterocycles. The summed E-state index contributed by atoms with van der Waals surface area (Å²) >= 11 is 0. The number of hydrogen-bond donors (Lipinski definition) is 1. The molecule has 0 aliphatic heterocycles. The number of benzene rings is 1. The van der Waals surface area contributed by atoms with Crippen LogP contribution in [0.2, 0.25) is 0 Å². The van der Waals surface area contributed by atoms with E-state index >= 15 is 0 Å². The predicted octanol–water partition coefficient (Wildman–Crippen LogP) is 3.18. The number of rotatable bonds is 8. The molecular weight excluding hydrogens is 376 g/mol. The van der Waals surface area contributed by atoms with Crippen molar-refractivity contribution in [3.05, 3.63) is 81.6 Å². The van der Waals surface area contributed by atoms with Crippen molar-refractivity contribution in [2.24, 2.45) is 5.10 Å². The lowest BCUT2D eigenvalue weighted by atomic mass is 10.3. The van der Waals surface area contributed by atoms with Crippen molar-refractivity contribution < 1.29 is 18.9 Å². The highest BCUT2D eigenvalue weighted by atomic mass is 16.6. The number of nitro groups is 1. The second-order valence-electron chi connectivity index (χ2n) is 6.30. The molecular formula is C20H20N4O5. The van der Waals surface area contributed by atoms with Crippen molar-refractivity contribution >= 4 is 17.8 Å². The van der Waals surface area contributed by atoms with Crippen LogP contribution in [-0.4, -0.2) is 28.2 Å². The molecule has 0 unspecified atom stereocenters. The van der Waals surface area contributed by atoms with Gasteiger partial charge in [-0.1, -0.05) is 12.1 Å². The van der Waals surface area contributed by atoms with Crippen LogP contribution < -0.4 is 10.2 Å². The molecule has 150 valence electrons. The first-order valence-corrected chi connectivity index (χ1v) is 8.83. The van der Waals surface area contributed by atoms with Crippen molar-refractivity contribution in [3.8, 4) is 5.75 Å². The highest BCUT2D eigenvalue weighted by molar-refractivity contribution is 5.84. The Morgan fingerprint density at radius 2 is 2.10 bits per heavy atom. The standard InChI is InChI=1S/C20H20N4O5/c1-14-10-16(15(2)23(14)12-17-6-5-9-28-17)11-21-22-20(25)13-29-19-8-4-3-7-18(19)24(26)27/h3-11H,12-13H2,1-2H3,(H,22,25)/b21-11-. The van der Waals surface area contributed by atoms with E-state index < -0.39 is 10.8 Å². The fourth-order valence-corrected chi connectivity index (χ4v) is 2.84. The molecule has 1 N–H and O–H groups in total. The van der Waals surface area contributed by atoms with Crippen LogP contribution in [0, 0.1) is 24.0 Å². The molecule has 9 nitrogen and oxygen atoms in total. The number of aryl methyl sites for hydroxylation is 1. The topological polar surface area (TPSA) is 112 Å². The number of amides is 1. The van der Waals surface area contributed by atoms with E-state index in [0.717, 1.165) is 22.7 Å². The summed E-state index contributed by atoms with van der Waals surface area (Å²) in [5.41, 5.74) is 5.03. The summed E-state index contributed by atoms with van der Waals surface area (Å²) in [6, 6.07) is 11.6. The summed E-state index contributed by atoms with van der Waals surface area (Å²) < 4.78 is 12.7. The number of aromatic nitrogens is 1. The van der Waals surface area contributed by atoms with Crippen molar-refractivity contribution in [1.82, 2.24) is 9.99 Å². The van der Waals surface area contributed by atoms with E-state index in [1.165, 1.54) is 18.2 Å². The number of hydrazone groups is 1. The highest BCUT2D eigenvalue weighted by Gasteiger charge is 2.15. The Hall–Kier alpha value is -3.88. The lowest BCUT2D eigenvalue weighted by molar-refractivity contribution is -0.385. The smallest absolute Gasteiger partial charge is 0.310 e. The number of hydrogen-bond acceptors (Lipinski definition) is 6. The molecule has 29 heavy (non-hydrogen) atoms. The van der Waals surface area contributed by atoms with Gasteiger partial charge >= 0.3 is 5.69 Å². The molecule has 0 radical (unpaired) electrons. The minimum Gasteiger partial charge on any atom is -0.477 e. The van der Waals surface area contributed by atoms with Gasteiger partial charge in [0.1, 0.15) is 5.76 Å². The molecule has 3 rings (SSSR count). The first-order chi connectivity index (χ1) is 14.0. The Morgan fingerprint density at radius 1 is 1.31 bits per heavy atom. The molecule has 2 aromatic heterocycles. The molecule has 1 amide bonds. The number of nitrogens with one attached hydrogen (secondary N) is 1. The van der Waals surface area contributed by atoms with Crippen LogP contribution in [0.3, 0.4) is 0 Å². The van der Waals surface area contributed by atoms with E-state index in [0.29, 0.717) is 6.54 Å². The van der Waals surface area contributed by atoms with Crippen LogP contribution in [-0.2, 0) is 11.3 Å². The molecule has 0 fully saturated rings. The van der Waals surface area contributed by atoms with Crippen LogP contribution in [0.4, 0.5) is 5.69 Å². The fourth-order valence-electron chi connectivity index (χ4n) is 2.84. The van der Waals surface area contributed by atoms with Gasteiger partial charge in [0, 0.05) is 23.0 Å². The van der Waals surface area contributed by atoms with Crippen molar-refractivity contribution in [1.29, 1.82) is 0 Å². The normalized spacial score (nSPS) is 11.0. The monoisotopic (exact) mass is 396 g/mol.